The fourth-order valence-corrected chi connectivity index (χ4v) is 17.6. The predicted octanol–water partition coefficient (Wildman–Crippen LogP) is 32.5. The van der Waals surface area contributed by atoms with Crippen LogP contribution in [0.5, 0.6) is 34.5 Å². The Morgan fingerprint density at radius 2 is 0.497 bits per heavy atom. The average Bonchev–Trinajstić information content (AvgIpc) is 1.69. The van der Waals surface area contributed by atoms with E-state index in [-0.39, 0.29) is 35.4 Å². The van der Waals surface area contributed by atoms with Crippen molar-refractivity contribution in [1.82, 2.24) is 0 Å². The number of aryl methyl sites for hydroxylation is 20. The van der Waals surface area contributed by atoms with Crippen molar-refractivity contribution in [3.8, 4) is 34.5 Å². The quantitative estimate of drug-likeness (QED) is 0.0199. The summed E-state index contributed by atoms with van der Waals surface area (Å²) in [5.74, 6) is 6.17. The second-order valence-electron chi connectivity index (χ2n) is 37.4. The highest BCUT2D eigenvalue weighted by atomic mass is 127. The molecular formula is C126H157BrClIN6O12. The molecule has 0 unspecified atom stereocenters. The summed E-state index contributed by atoms with van der Waals surface area (Å²) >= 11 is 12.2. The van der Waals surface area contributed by atoms with Crippen molar-refractivity contribution in [3.05, 3.63) is 345 Å². The zero-order valence-electron chi connectivity index (χ0n) is 91.8. The highest BCUT2D eigenvalue weighted by molar-refractivity contribution is 14.1. The highest BCUT2D eigenvalue weighted by Crippen LogP contribution is 2.45. The normalized spacial score (nSPS) is 11.1. The van der Waals surface area contributed by atoms with Gasteiger partial charge in [0.2, 0.25) is 35.4 Å². The van der Waals surface area contributed by atoms with Crippen LogP contribution in [0.2, 0.25) is 5.02 Å². The van der Waals surface area contributed by atoms with E-state index in [1.807, 2.05) is 146 Å². The zero-order valence-corrected chi connectivity index (χ0v) is 96.3. The lowest BCUT2D eigenvalue weighted by atomic mass is 10.0. The van der Waals surface area contributed by atoms with E-state index in [1.165, 1.54) is 124 Å². The molecule has 21 heteroatoms. The molecule has 6 amide bonds. The van der Waals surface area contributed by atoms with E-state index in [1.54, 1.807) is 0 Å². The first-order valence-corrected chi connectivity index (χ1v) is 54.4. The topological polar surface area (TPSA) is 230 Å². The number of hydrogen-bond acceptors (Lipinski definition) is 12. The van der Waals surface area contributed by atoms with Crippen LogP contribution in [0.15, 0.2) is 186 Å². The third kappa shape index (κ3) is 35.8. The summed E-state index contributed by atoms with van der Waals surface area (Å²) in [5, 5.41) is 18.4. The molecule has 6 N–H and O–H groups in total. The third-order valence-corrected chi connectivity index (χ3v) is 28.9. The monoisotopic (exact) mass is 2190 g/mol. The number of halogens is 3. The van der Waals surface area contributed by atoms with Crippen molar-refractivity contribution in [2.45, 2.75) is 322 Å². The van der Waals surface area contributed by atoms with Crippen LogP contribution in [0.1, 0.15) is 298 Å². The molecule has 0 bridgehead atoms. The Hall–Kier alpha value is -12.2. The van der Waals surface area contributed by atoms with Crippen molar-refractivity contribution >= 4 is 120 Å². The van der Waals surface area contributed by atoms with E-state index in [9.17, 15) is 28.8 Å². The fourth-order valence-electron chi connectivity index (χ4n) is 16.3. The van der Waals surface area contributed by atoms with Crippen LogP contribution < -0.4 is 60.3 Å². The van der Waals surface area contributed by atoms with Gasteiger partial charge in [0.1, 0.15) is 74.1 Å². The van der Waals surface area contributed by atoms with Crippen molar-refractivity contribution in [2.24, 2.45) is 0 Å². The number of carbonyl (C=O) groups excluding carboxylic acids is 6. The molecule has 0 saturated heterocycles. The minimum atomic E-state index is -0.0426. The van der Waals surface area contributed by atoms with Crippen LogP contribution in [0, 0.1) is 93.6 Å². The lowest BCUT2D eigenvalue weighted by Gasteiger charge is -2.18. The van der Waals surface area contributed by atoms with Gasteiger partial charge in [-0.1, -0.05) is 209 Å². The van der Waals surface area contributed by atoms with Gasteiger partial charge in [0.15, 0.2) is 0 Å². The van der Waals surface area contributed by atoms with Crippen LogP contribution in [0.25, 0.3) is 0 Å². The molecule has 784 valence electrons. The number of nitrogens with one attached hydrogen (secondary N) is 6. The Labute approximate surface area is 903 Å². The average molecular weight is 2190 g/mol. The molecule has 147 heavy (non-hydrogen) atoms. The summed E-state index contributed by atoms with van der Waals surface area (Å²) in [6.45, 7) is 55.9. The van der Waals surface area contributed by atoms with Crippen molar-refractivity contribution in [2.75, 3.05) is 31.9 Å². The SMILES string of the molecule is CCC(=O)Nc1cccc(Br)c1COc1cc(C)c(C)cc1CC.CCC(=O)Nc1cccc(C)c1COc1cc(C)c(C)cc1CC.CCC(=O)Nc1cccc(C2CC2)c1COc1cc(C)c(C)cc1CC.CCC(=O)Nc1cccc(CC)c1COc1cc(C)c(C)cc1CC.CCC(=O)Nc1cccc(Cl)c1COc1cc(C)c(C)cc1CC.CCC(=O)Nc1cccc(I)c1COc1cc(C)c(C)cc1CC. The van der Waals surface area contributed by atoms with E-state index in [4.69, 9.17) is 40.0 Å². The van der Waals surface area contributed by atoms with Gasteiger partial charge >= 0.3 is 0 Å². The number of amides is 6. The molecule has 0 aromatic heterocycles. The maximum absolute atomic E-state index is 11.9. The number of benzene rings is 12. The Morgan fingerprint density at radius 1 is 0.265 bits per heavy atom. The number of carbonyl (C=O) groups is 6. The molecule has 0 spiro atoms. The standard InChI is InChI=1S/C23H29NO2.C22H29NO2.C21H27NO2.C20H24BrNO2.C20H24ClNO2.C20H24INO2/c1-5-17-12-15(3)16(4)13-22(17)26-14-20-19(18-10-11-18)8-7-9-21(20)24-23(25)6-2;1-6-17-10-9-11-20(23-22(24)8-3)19(17)14-25-21-13-16(5)15(4)12-18(21)7-2;1-6-17-11-15(4)16(5)12-20(17)24-13-18-14(3)9-8-10-19(18)22-21(23)7-2;3*1-5-15-10-13(3)14(4)11-19(15)24-12-16-17(21)8-7-9-18(16)22-20(23)6-2/h7-9,12-13,18H,5-6,10-11,14H2,1-4H3,(H,24,25);9-13H,6-8,14H2,1-5H3,(H,23,24);8-12H,6-7,13H2,1-5H3,(H,22,23);3*7-11H,5-6,12H2,1-4H3,(H,22,23). The van der Waals surface area contributed by atoms with Gasteiger partial charge in [0.25, 0.3) is 0 Å². The molecule has 0 aliphatic heterocycles. The Bertz CT molecular complexity index is 6010. The molecule has 12 aromatic rings. The molecule has 0 heterocycles. The number of hydrogen-bond donors (Lipinski definition) is 6. The van der Waals surface area contributed by atoms with E-state index in [2.05, 4.69) is 287 Å². The number of ether oxygens (including phenoxy) is 6. The third-order valence-electron chi connectivity index (χ3n) is 26.8. The molecule has 12 aromatic carbocycles. The Kier molecular flexibility index (Phi) is 49.2. The summed E-state index contributed by atoms with van der Waals surface area (Å²) in [6.07, 6.45) is 11.7. The maximum atomic E-state index is 11.9. The molecule has 18 nitrogen and oxygen atoms in total. The van der Waals surface area contributed by atoms with E-state index < -0.39 is 0 Å². The second-order valence-corrected chi connectivity index (χ2v) is 39.8. The number of anilines is 6. The molecule has 13 rings (SSSR count). The van der Waals surface area contributed by atoms with Gasteiger partial charge in [-0.15, -0.1) is 0 Å². The Morgan fingerprint density at radius 3 is 0.816 bits per heavy atom. The van der Waals surface area contributed by atoms with Gasteiger partial charge in [-0.2, -0.15) is 0 Å². The summed E-state index contributed by atoms with van der Waals surface area (Å²) in [7, 11) is 0. The van der Waals surface area contributed by atoms with E-state index in [0.717, 1.165) is 155 Å². The van der Waals surface area contributed by atoms with Crippen LogP contribution in [-0.4, -0.2) is 35.4 Å². The Balaban J connectivity index is 0.000000215. The molecule has 1 fully saturated rings. The minimum Gasteiger partial charge on any atom is -0.489 e. The lowest BCUT2D eigenvalue weighted by molar-refractivity contribution is -0.116. The van der Waals surface area contributed by atoms with Crippen molar-refractivity contribution in [3.63, 3.8) is 0 Å². The van der Waals surface area contributed by atoms with Crippen molar-refractivity contribution in [1.29, 1.82) is 0 Å². The van der Waals surface area contributed by atoms with E-state index in [0.29, 0.717) is 94.8 Å². The zero-order chi connectivity index (χ0) is 108. The summed E-state index contributed by atoms with van der Waals surface area (Å²) in [5.41, 5.74) is 36.8. The second kappa shape index (κ2) is 60.3. The highest BCUT2D eigenvalue weighted by Gasteiger charge is 2.29. The van der Waals surface area contributed by atoms with Gasteiger partial charge in [-0.3, -0.25) is 28.8 Å². The lowest BCUT2D eigenvalue weighted by Crippen LogP contribution is -2.13. The minimum absolute atomic E-state index is 0.00484. The number of rotatable bonds is 38. The van der Waals surface area contributed by atoms with Gasteiger partial charge in [-0.25, -0.2) is 0 Å². The first-order chi connectivity index (χ1) is 70.3. The van der Waals surface area contributed by atoms with Crippen molar-refractivity contribution < 1.29 is 57.2 Å². The summed E-state index contributed by atoms with van der Waals surface area (Å²) in [6, 6.07) is 61.1. The summed E-state index contributed by atoms with van der Waals surface area (Å²) in [4.78, 5) is 70.7. The maximum Gasteiger partial charge on any atom is 0.224 e. The van der Waals surface area contributed by atoms with Gasteiger partial charge < -0.3 is 60.3 Å². The van der Waals surface area contributed by atoms with Crippen LogP contribution >= 0.6 is 50.1 Å². The molecule has 1 aliphatic carbocycles. The first-order valence-electron chi connectivity index (χ1n) is 52.2. The fraction of sp³-hybridized carbons (Fsp3) is 0.381. The largest absolute Gasteiger partial charge is 0.489 e. The van der Waals surface area contributed by atoms with Gasteiger partial charge in [0, 0.05) is 119 Å². The van der Waals surface area contributed by atoms with Crippen LogP contribution in [0.3, 0.4) is 0 Å². The van der Waals surface area contributed by atoms with E-state index >= 15 is 0 Å². The smallest absolute Gasteiger partial charge is 0.224 e. The molecule has 1 aliphatic rings. The summed E-state index contributed by atoms with van der Waals surface area (Å²) < 4.78 is 38.9. The molecule has 1 saturated carbocycles. The van der Waals surface area contributed by atoms with Crippen LogP contribution in [0.4, 0.5) is 34.1 Å². The first kappa shape index (κ1) is 120. The molecular weight excluding hydrogens is 2030 g/mol. The van der Waals surface area contributed by atoms with Gasteiger partial charge in [-0.05, 0) is 384 Å². The molecule has 0 atom stereocenters. The molecule has 0 radical (unpaired) electrons. The van der Waals surface area contributed by atoms with Crippen LogP contribution in [-0.2, 0) is 113 Å². The van der Waals surface area contributed by atoms with Gasteiger partial charge in [0.05, 0.1) is 0 Å². The predicted molar refractivity (Wildman–Crippen MR) is 621 cm³/mol.